The molecule has 9 nitrogen and oxygen atoms in total. The van der Waals surface area contributed by atoms with Gasteiger partial charge >= 0.3 is 6.09 Å². The van der Waals surface area contributed by atoms with E-state index in [-0.39, 0.29) is 41.8 Å². The summed E-state index contributed by atoms with van der Waals surface area (Å²) >= 11 is 9.55. The zero-order valence-corrected chi connectivity index (χ0v) is 26.0. The number of nitrogens with one attached hydrogen (secondary N) is 1. The van der Waals surface area contributed by atoms with E-state index < -0.39 is 29.0 Å². The fraction of sp³-hybridized carbons (Fsp3) is 0.448. The topological polar surface area (TPSA) is 110 Å². The number of aromatic nitrogens is 3. The van der Waals surface area contributed by atoms with E-state index in [1.807, 2.05) is 26.0 Å². The molecular formula is C29H34BrClFN5O4. The highest BCUT2D eigenvalue weighted by molar-refractivity contribution is 9.10. The Morgan fingerprint density at radius 2 is 1.95 bits per heavy atom. The first-order valence-electron chi connectivity index (χ1n) is 13.4. The minimum absolute atomic E-state index is 0.0194. The molecule has 3 aromatic rings. The second-order valence-electron chi connectivity index (χ2n) is 11.4. The summed E-state index contributed by atoms with van der Waals surface area (Å²) in [5.74, 6) is -1.49. The van der Waals surface area contributed by atoms with Gasteiger partial charge in [0.1, 0.15) is 22.7 Å². The highest BCUT2D eigenvalue weighted by atomic mass is 79.9. The Balaban J connectivity index is 1.51. The molecule has 2 aromatic carbocycles. The van der Waals surface area contributed by atoms with Crippen molar-refractivity contribution in [1.29, 1.82) is 0 Å². The first-order chi connectivity index (χ1) is 19.2. The van der Waals surface area contributed by atoms with E-state index in [0.29, 0.717) is 18.5 Å². The molecule has 2 N–H and O–H groups in total. The normalized spacial score (nSPS) is 18.5. The number of rotatable bonds is 5. The van der Waals surface area contributed by atoms with Gasteiger partial charge in [-0.2, -0.15) is 0 Å². The van der Waals surface area contributed by atoms with Crippen LogP contribution in [0.5, 0.6) is 0 Å². The third-order valence-electron chi connectivity index (χ3n) is 7.05. The fourth-order valence-electron chi connectivity index (χ4n) is 4.80. The standard InChI is InChI=1S/C29H34BrClFN5O4/c1-17-13-19(7-8-21(17)30)18(2)37-16-24(34-35-37)29(40)9-6-11-36(12-10-29)26(38)25-22(32)14-20(31)15-23(25)33-27(39)41-28(3,4)5/h7-8,13-16,18,40H,6,9-12H2,1-5H3,(H,33,39)/t18-,29?/m1/s1. The van der Waals surface area contributed by atoms with E-state index >= 15 is 4.39 Å². The minimum atomic E-state index is -1.32. The predicted molar refractivity (Wildman–Crippen MR) is 158 cm³/mol. The number of hydrogen-bond acceptors (Lipinski definition) is 6. The molecule has 1 aromatic heterocycles. The third kappa shape index (κ3) is 7.25. The average molecular weight is 651 g/mol. The molecule has 2 atom stereocenters. The van der Waals surface area contributed by atoms with Gasteiger partial charge in [-0.3, -0.25) is 10.1 Å². The maximum atomic E-state index is 15.1. The Bertz CT molecular complexity index is 1460. The number of likely N-dealkylation sites (tertiary alicyclic amines) is 1. The maximum absolute atomic E-state index is 15.1. The molecule has 12 heteroatoms. The van der Waals surface area contributed by atoms with E-state index in [4.69, 9.17) is 16.3 Å². The van der Waals surface area contributed by atoms with Crippen molar-refractivity contribution >= 4 is 45.2 Å². The van der Waals surface area contributed by atoms with E-state index in [1.54, 1.807) is 31.6 Å². The lowest BCUT2D eigenvalue weighted by Crippen LogP contribution is -2.35. The number of carbonyl (C=O) groups is 2. The van der Waals surface area contributed by atoms with Gasteiger partial charge in [0.2, 0.25) is 0 Å². The molecule has 1 aliphatic heterocycles. The van der Waals surface area contributed by atoms with Gasteiger partial charge in [-0.25, -0.2) is 13.9 Å². The molecule has 0 saturated carbocycles. The van der Waals surface area contributed by atoms with Gasteiger partial charge in [0.05, 0.1) is 23.5 Å². The molecule has 220 valence electrons. The highest BCUT2D eigenvalue weighted by Gasteiger charge is 2.37. The lowest BCUT2D eigenvalue weighted by Gasteiger charge is -2.25. The van der Waals surface area contributed by atoms with Crippen LogP contribution < -0.4 is 5.32 Å². The Morgan fingerprint density at radius 3 is 2.63 bits per heavy atom. The van der Waals surface area contributed by atoms with Crippen molar-refractivity contribution in [3.8, 4) is 0 Å². The Kier molecular flexibility index (Phi) is 9.10. The largest absolute Gasteiger partial charge is 0.444 e. The molecule has 0 radical (unpaired) electrons. The van der Waals surface area contributed by atoms with Crippen molar-refractivity contribution in [2.45, 2.75) is 71.1 Å². The Morgan fingerprint density at radius 1 is 1.22 bits per heavy atom. The Hall–Kier alpha value is -3.02. The number of carbonyl (C=O) groups excluding carboxylic acids is 2. The van der Waals surface area contributed by atoms with Crippen molar-refractivity contribution in [2.24, 2.45) is 0 Å². The second-order valence-corrected chi connectivity index (χ2v) is 12.7. The van der Waals surface area contributed by atoms with Crippen LogP contribution in [0.3, 0.4) is 0 Å². The van der Waals surface area contributed by atoms with Crippen molar-refractivity contribution in [3.05, 3.63) is 74.2 Å². The van der Waals surface area contributed by atoms with Crippen molar-refractivity contribution < 1.29 is 23.8 Å². The summed E-state index contributed by atoms with van der Waals surface area (Å²) in [4.78, 5) is 27.4. The van der Waals surface area contributed by atoms with Crippen LogP contribution in [-0.2, 0) is 10.3 Å². The van der Waals surface area contributed by atoms with Crippen LogP contribution in [-0.4, -0.2) is 55.7 Å². The molecule has 1 unspecified atom stereocenters. The van der Waals surface area contributed by atoms with E-state index in [9.17, 15) is 14.7 Å². The summed E-state index contributed by atoms with van der Waals surface area (Å²) in [5, 5.41) is 22.6. The molecule has 1 saturated heterocycles. The maximum Gasteiger partial charge on any atom is 0.412 e. The van der Waals surface area contributed by atoms with Crippen molar-refractivity contribution in [3.63, 3.8) is 0 Å². The molecule has 0 spiro atoms. The summed E-state index contributed by atoms with van der Waals surface area (Å²) in [6.07, 6.45) is 1.86. The monoisotopic (exact) mass is 649 g/mol. The fourth-order valence-corrected chi connectivity index (χ4v) is 5.25. The zero-order chi connectivity index (χ0) is 30.1. The third-order valence-corrected chi connectivity index (χ3v) is 8.16. The number of ether oxygens (including phenoxy) is 1. The predicted octanol–water partition coefficient (Wildman–Crippen LogP) is 6.61. The highest BCUT2D eigenvalue weighted by Crippen LogP contribution is 2.34. The second kappa shape index (κ2) is 12.1. The number of anilines is 1. The van der Waals surface area contributed by atoms with Gasteiger partial charge in [0, 0.05) is 22.6 Å². The molecule has 4 rings (SSSR count). The first-order valence-corrected chi connectivity index (χ1v) is 14.5. The molecule has 1 fully saturated rings. The van der Waals surface area contributed by atoms with Gasteiger partial charge in [0.25, 0.3) is 5.91 Å². The average Bonchev–Trinajstić information content (AvgIpc) is 3.28. The summed E-state index contributed by atoms with van der Waals surface area (Å²) in [5.41, 5.74) is 0.0356. The molecule has 2 heterocycles. The summed E-state index contributed by atoms with van der Waals surface area (Å²) in [7, 11) is 0. The quantitative estimate of drug-likeness (QED) is 0.322. The van der Waals surface area contributed by atoms with Crippen LogP contribution in [0.4, 0.5) is 14.9 Å². The summed E-state index contributed by atoms with van der Waals surface area (Å²) in [6, 6.07) is 8.29. The molecule has 41 heavy (non-hydrogen) atoms. The van der Waals surface area contributed by atoms with Gasteiger partial charge < -0.3 is 14.7 Å². The van der Waals surface area contributed by atoms with Crippen LogP contribution in [0.15, 0.2) is 41.0 Å². The molecule has 2 amide bonds. The number of halogens is 3. The van der Waals surface area contributed by atoms with Crippen LogP contribution in [0.25, 0.3) is 0 Å². The molecule has 0 bridgehead atoms. The number of benzene rings is 2. The minimum Gasteiger partial charge on any atom is -0.444 e. The summed E-state index contributed by atoms with van der Waals surface area (Å²) < 4.78 is 23.1. The van der Waals surface area contributed by atoms with E-state index in [0.717, 1.165) is 21.7 Å². The van der Waals surface area contributed by atoms with Crippen molar-refractivity contribution in [2.75, 3.05) is 18.4 Å². The van der Waals surface area contributed by atoms with Crippen LogP contribution in [0.1, 0.15) is 80.2 Å². The first kappa shape index (κ1) is 30.9. The lowest BCUT2D eigenvalue weighted by atomic mass is 9.92. The summed E-state index contributed by atoms with van der Waals surface area (Å²) in [6.45, 7) is 9.50. The number of aryl methyl sites for hydroxylation is 1. The smallest absolute Gasteiger partial charge is 0.412 e. The number of amides is 2. The SMILES string of the molecule is Cc1cc([C@@H](C)n2cc(C3(O)CCCN(C(=O)c4c(F)cc(Cl)cc4NC(=O)OC(C)(C)C)CC3)nn2)ccc1Br. The molecule has 0 aliphatic carbocycles. The molecule has 1 aliphatic rings. The zero-order valence-electron chi connectivity index (χ0n) is 23.7. The molecular weight excluding hydrogens is 617 g/mol. The van der Waals surface area contributed by atoms with Crippen LogP contribution in [0.2, 0.25) is 5.02 Å². The number of nitrogens with zero attached hydrogens (tertiary/aromatic N) is 4. The van der Waals surface area contributed by atoms with Crippen molar-refractivity contribution in [1.82, 2.24) is 19.9 Å². The van der Waals surface area contributed by atoms with Gasteiger partial charge in [-0.1, -0.05) is 44.9 Å². The van der Waals surface area contributed by atoms with Crippen LogP contribution >= 0.6 is 27.5 Å². The van der Waals surface area contributed by atoms with Crippen LogP contribution in [0, 0.1) is 12.7 Å². The van der Waals surface area contributed by atoms with E-state index in [1.165, 1.54) is 11.0 Å². The van der Waals surface area contributed by atoms with Gasteiger partial charge in [-0.05, 0) is 83.2 Å². The van der Waals surface area contributed by atoms with E-state index in [2.05, 4.69) is 37.6 Å². The van der Waals surface area contributed by atoms with Gasteiger partial charge in [0.15, 0.2) is 0 Å². The van der Waals surface area contributed by atoms with Gasteiger partial charge in [-0.15, -0.1) is 5.10 Å². The number of aliphatic hydroxyl groups is 1. The Labute approximate surface area is 252 Å². The lowest BCUT2D eigenvalue weighted by molar-refractivity contribution is 0.0169. The number of hydrogen-bond donors (Lipinski definition) is 2.